The van der Waals surface area contributed by atoms with E-state index in [1.165, 1.54) is 22.5 Å². The predicted molar refractivity (Wildman–Crippen MR) is 120 cm³/mol. The maximum atomic E-state index is 4.63. The van der Waals surface area contributed by atoms with Crippen molar-refractivity contribution in [1.29, 1.82) is 0 Å². The Balaban J connectivity index is 1.61. The monoisotopic (exact) mass is 387 g/mol. The third-order valence-electron chi connectivity index (χ3n) is 5.71. The van der Waals surface area contributed by atoms with Gasteiger partial charge in [0.2, 0.25) is 0 Å². The van der Waals surface area contributed by atoms with Gasteiger partial charge in [0.1, 0.15) is 11.3 Å². The first-order chi connectivity index (χ1) is 14.0. The lowest BCUT2D eigenvalue weighted by atomic mass is 10.0. The molecule has 0 saturated carbocycles. The highest BCUT2D eigenvalue weighted by Crippen LogP contribution is 2.30. The van der Waals surface area contributed by atoms with Crippen LogP contribution in [0.1, 0.15) is 31.9 Å². The van der Waals surface area contributed by atoms with Crippen LogP contribution in [0.4, 0.5) is 11.5 Å². The highest BCUT2D eigenvalue weighted by atomic mass is 15.2. The van der Waals surface area contributed by atoms with Gasteiger partial charge in [-0.3, -0.25) is 0 Å². The molecule has 5 nitrogen and oxygen atoms in total. The summed E-state index contributed by atoms with van der Waals surface area (Å²) in [5.74, 6) is 1.44. The van der Waals surface area contributed by atoms with Crippen molar-refractivity contribution < 1.29 is 0 Å². The Kier molecular flexibility index (Phi) is 5.14. The normalized spacial score (nSPS) is 16.4. The van der Waals surface area contributed by atoms with Crippen LogP contribution in [-0.2, 0) is 20.0 Å². The molecule has 0 aliphatic carbocycles. The van der Waals surface area contributed by atoms with Gasteiger partial charge in [-0.2, -0.15) is 0 Å². The molecule has 1 aromatic carbocycles. The number of allylic oxidation sites excluding steroid dienone is 3. The van der Waals surface area contributed by atoms with Gasteiger partial charge in [0.05, 0.1) is 18.0 Å². The van der Waals surface area contributed by atoms with Gasteiger partial charge in [0.25, 0.3) is 0 Å². The van der Waals surface area contributed by atoms with Gasteiger partial charge < -0.3 is 14.4 Å². The summed E-state index contributed by atoms with van der Waals surface area (Å²) >= 11 is 0. The average molecular weight is 388 g/mol. The van der Waals surface area contributed by atoms with Crippen molar-refractivity contribution in [3.63, 3.8) is 0 Å². The van der Waals surface area contributed by atoms with Gasteiger partial charge in [0, 0.05) is 44.3 Å². The summed E-state index contributed by atoms with van der Waals surface area (Å²) in [6.45, 7) is 7.50. The first-order valence-electron chi connectivity index (χ1n) is 10.2. The standard InChI is InChI=1S/C24H29N5/c1-6-20-12-19(15-29-10-9-17(2)11-18(29)3)7-8-22(20)28(5)24-13-23-21(14-25-24)26-16-27(23)4/h7-14,16-17H,6,15H2,1-5H3. The van der Waals surface area contributed by atoms with Crippen molar-refractivity contribution >= 4 is 22.5 Å². The summed E-state index contributed by atoms with van der Waals surface area (Å²) in [7, 11) is 4.10. The van der Waals surface area contributed by atoms with E-state index in [-0.39, 0.29) is 0 Å². The molecule has 0 radical (unpaired) electrons. The molecule has 1 atom stereocenters. The molecule has 0 amide bonds. The molecule has 0 N–H and O–H groups in total. The van der Waals surface area contributed by atoms with Gasteiger partial charge in [-0.1, -0.05) is 38.1 Å². The number of fused-ring (bicyclic) bond motifs is 1. The quantitative estimate of drug-likeness (QED) is 0.605. The zero-order valence-corrected chi connectivity index (χ0v) is 17.9. The highest BCUT2D eigenvalue weighted by molar-refractivity contribution is 5.79. The van der Waals surface area contributed by atoms with Crippen LogP contribution >= 0.6 is 0 Å². The molecule has 3 aromatic rings. The number of pyridine rings is 1. The van der Waals surface area contributed by atoms with Crippen molar-refractivity contribution in [3.05, 3.63) is 72.0 Å². The molecule has 2 aromatic heterocycles. The second-order valence-electron chi connectivity index (χ2n) is 7.90. The van der Waals surface area contributed by atoms with E-state index < -0.39 is 0 Å². The highest BCUT2D eigenvalue weighted by Gasteiger charge is 2.14. The van der Waals surface area contributed by atoms with Crippen LogP contribution in [0.2, 0.25) is 0 Å². The number of hydrogen-bond donors (Lipinski definition) is 0. The number of rotatable bonds is 5. The van der Waals surface area contributed by atoms with Crippen molar-refractivity contribution in [2.75, 3.05) is 11.9 Å². The number of aryl methyl sites for hydroxylation is 2. The number of anilines is 2. The summed E-state index contributed by atoms with van der Waals surface area (Å²) in [6.07, 6.45) is 11.4. The number of nitrogens with zero attached hydrogens (tertiary/aromatic N) is 5. The largest absolute Gasteiger partial charge is 0.348 e. The minimum atomic E-state index is 0.512. The maximum Gasteiger partial charge on any atom is 0.134 e. The first kappa shape index (κ1) is 19.2. The van der Waals surface area contributed by atoms with Crippen LogP contribution in [0.3, 0.4) is 0 Å². The molecule has 1 aliphatic heterocycles. The summed E-state index contributed by atoms with van der Waals surface area (Å²) in [5.41, 5.74) is 7.16. The van der Waals surface area contributed by atoms with Gasteiger partial charge in [0.15, 0.2) is 0 Å². The SMILES string of the molecule is CCc1cc(CN2C=CC(C)C=C2C)ccc1N(C)c1cc2c(cn1)ncn2C. The molecule has 3 heterocycles. The Morgan fingerprint density at radius 2 is 2.00 bits per heavy atom. The zero-order chi connectivity index (χ0) is 20.5. The minimum absolute atomic E-state index is 0.512. The predicted octanol–water partition coefficient (Wildman–Crippen LogP) is 5.17. The smallest absolute Gasteiger partial charge is 0.134 e. The molecule has 150 valence electrons. The Labute approximate surface area is 173 Å². The first-order valence-corrected chi connectivity index (χ1v) is 10.2. The fraction of sp³-hybridized carbons (Fsp3) is 0.333. The Bertz CT molecular complexity index is 1090. The fourth-order valence-electron chi connectivity index (χ4n) is 3.94. The molecule has 0 saturated heterocycles. The molecule has 0 fully saturated rings. The second kappa shape index (κ2) is 7.74. The van der Waals surface area contributed by atoms with Crippen LogP contribution in [-0.4, -0.2) is 26.5 Å². The van der Waals surface area contributed by atoms with E-state index in [2.05, 4.69) is 90.2 Å². The van der Waals surface area contributed by atoms with Crippen LogP contribution in [0.25, 0.3) is 11.0 Å². The van der Waals surface area contributed by atoms with Gasteiger partial charge in [-0.15, -0.1) is 0 Å². The second-order valence-corrected chi connectivity index (χ2v) is 7.90. The van der Waals surface area contributed by atoms with E-state index in [0.717, 1.165) is 29.8 Å². The molecule has 1 aliphatic rings. The van der Waals surface area contributed by atoms with Gasteiger partial charge >= 0.3 is 0 Å². The minimum Gasteiger partial charge on any atom is -0.348 e. The number of aromatic nitrogens is 3. The van der Waals surface area contributed by atoms with Crippen LogP contribution in [0.5, 0.6) is 0 Å². The van der Waals surface area contributed by atoms with E-state index in [1.54, 1.807) is 0 Å². The molecule has 0 spiro atoms. The summed E-state index contributed by atoms with van der Waals surface area (Å²) in [6, 6.07) is 8.88. The molecule has 4 rings (SSSR count). The maximum absolute atomic E-state index is 4.63. The summed E-state index contributed by atoms with van der Waals surface area (Å²) in [5, 5.41) is 0. The number of hydrogen-bond acceptors (Lipinski definition) is 4. The van der Waals surface area contributed by atoms with Crippen LogP contribution in [0.15, 0.2) is 60.8 Å². The van der Waals surface area contributed by atoms with Crippen molar-refractivity contribution in [2.24, 2.45) is 13.0 Å². The molecular weight excluding hydrogens is 358 g/mol. The average Bonchev–Trinajstić information content (AvgIpc) is 3.09. The fourth-order valence-corrected chi connectivity index (χ4v) is 3.94. The van der Waals surface area contributed by atoms with Gasteiger partial charge in [-0.25, -0.2) is 9.97 Å². The van der Waals surface area contributed by atoms with E-state index in [4.69, 9.17) is 0 Å². The van der Waals surface area contributed by atoms with Gasteiger partial charge in [-0.05, 0) is 36.5 Å². The lowest BCUT2D eigenvalue weighted by Crippen LogP contribution is -2.19. The van der Waals surface area contributed by atoms with E-state index >= 15 is 0 Å². The molecule has 1 unspecified atom stereocenters. The molecule has 5 heteroatoms. The summed E-state index contributed by atoms with van der Waals surface area (Å²) < 4.78 is 2.03. The van der Waals surface area contributed by atoms with E-state index in [0.29, 0.717) is 5.92 Å². The lowest BCUT2D eigenvalue weighted by molar-refractivity contribution is 0.442. The van der Waals surface area contributed by atoms with Crippen LogP contribution < -0.4 is 4.90 Å². The van der Waals surface area contributed by atoms with Crippen molar-refractivity contribution in [2.45, 2.75) is 33.7 Å². The number of benzene rings is 1. The summed E-state index contributed by atoms with van der Waals surface area (Å²) in [4.78, 5) is 13.5. The van der Waals surface area contributed by atoms with E-state index in [9.17, 15) is 0 Å². The third kappa shape index (κ3) is 3.77. The molecular formula is C24H29N5. The molecule has 0 bridgehead atoms. The third-order valence-corrected chi connectivity index (χ3v) is 5.71. The van der Waals surface area contributed by atoms with Crippen molar-refractivity contribution in [1.82, 2.24) is 19.4 Å². The Morgan fingerprint density at radius 1 is 1.17 bits per heavy atom. The Hall–Kier alpha value is -3.08. The lowest BCUT2D eigenvalue weighted by Gasteiger charge is -2.27. The topological polar surface area (TPSA) is 37.2 Å². The number of imidazole rings is 1. The molecule has 29 heavy (non-hydrogen) atoms. The van der Waals surface area contributed by atoms with E-state index in [1.807, 2.05) is 24.1 Å². The van der Waals surface area contributed by atoms with Crippen molar-refractivity contribution in [3.8, 4) is 0 Å². The zero-order valence-electron chi connectivity index (χ0n) is 17.9. The Morgan fingerprint density at radius 3 is 2.76 bits per heavy atom. The van der Waals surface area contributed by atoms with Crippen LogP contribution in [0, 0.1) is 5.92 Å².